The van der Waals surface area contributed by atoms with E-state index in [9.17, 15) is 23.7 Å². The van der Waals surface area contributed by atoms with Crippen molar-refractivity contribution in [3.05, 3.63) is 120 Å². The number of carbonyl (C=O) groups excluding carboxylic acids is 4. The number of alkyl halides is 1. The molecule has 45 heavy (non-hydrogen) atoms. The van der Waals surface area contributed by atoms with Crippen LogP contribution >= 0.6 is 11.6 Å². The lowest BCUT2D eigenvalue weighted by Gasteiger charge is -2.36. The standard InChI is InChI=1S/C33H29ClN2O8S/c1-3-16-42-31(39)23-14-15-35-24(17-23)18-25-29(38)36-28(33(2,45(41)30(25)36)20-43-26(37)19-34)32(40)44-27(21-10-6-4-7-11-21)22-12-8-5-9-13-22/h3-15,17-18,27-28,30H,1,16,19-20H2,2H3/b25-18-/t28-,30?,33-,45+/m0/s1. The van der Waals surface area contributed by atoms with Gasteiger partial charge in [0.15, 0.2) is 16.9 Å². The zero-order chi connectivity index (χ0) is 32.1. The lowest BCUT2D eigenvalue weighted by Crippen LogP contribution is -2.60. The van der Waals surface area contributed by atoms with Crippen molar-refractivity contribution in [1.82, 2.24) is 9.88 Å². The number of hydrogen-bond acceptors (Lipinski definition) is 9. The van der Waals surface area contributed by atoms with E-state index < -0.39 is 69.7 Å². The van der Waals surface area contributed by atoms with Gasteiger partial charge in [-0.3, -0.25) is 19.5 Å². The van der Waals surface area contributed by atoms with Gasteiger partial charge < -0.3 is 18.8 Å². The molecule has 0 spiro atoms. The normalized spacial score (nSPS) is 22.8. The van der Waals surface area contributed by atoms with Crippen LogP contribution < -0.4 is 0 Å². The zero-order valence-corrected chi connectivity index (χ0v) is 25.7. The van der Waals surface area contributed by atoms with Gasteiger partial charge in [0.25, 0.3) is 5.91 Å². The summed E-state index contributed by atoms with van der Waals surface area (Å²) >= 11 is 3.69. The number of nitrogens with zero attached hydrogens (tertiary/aromatic N) is 2. The Bertz CT molecular complexity index is 1600. The minimum atomic E-state index is -1.94. The van der Waals surface area contributed by atoms with E-state index in [0.717, 1.165) is 0 Å². The third kappa shape index (κ3) is 6.37. The molecule has 232 valence electrons. The molecule has 5 rings (SSSR count). The maximum atomic E-state index is 14.1. The highest BCUT2D eigenvalue weighted by Crippen LogP contribution is 2.50. The van der Waals surface area contributed by atoms with Crippen molar-refractivity contribution in [2.45, 2.75) is 29.2 Å². The first-order valence-corrected chi connectivity index (χ1v) is 15.7. The molecule has 2 aliphatic heterocycles. The van der Waals surface area contributed by atoms with E-state index in [1.807, 2.05) is 60.7 Å². The minimum absolute atomic E-state index is 0.0197. The summed E-state index contributed by atoms with van der Waals surface area (Å²) in [7, 11) is 0. The molecule has 0 saturated carbocycles. The maximum absolute atomic E-state index is 14.1. The van der Waals surface area contributed by atoms with E-state index in [2.05, 4.69) is 11.6 Å². The minimum Gasteiger partial charge on any atom is -0.614 e. The first-order chi connectivity index (χ1) is 21.7. The Morgan fingerprint density at radius 2 is 1.73 bits per heavy atom. The number of fused-ring (bicyclic) bond motifs is 1. The highest BCUT2D eigenvalue weighted by Gasteiger charge is 2.73. The molecular weight excluding hydrogens is 620 g/mol. The number of pyridine rings is 1. The summed E-state index contributed by atoms with van der Waals surface area (Å²) in [5.41, 5.74) is 1.94. The van der Waals surface area contributed by atoms with Crippen LogP contribution in [0.15, 0.2) is 97.2 Å². The van der Waals surface area contributed by atoms with Crippen LogP contribution in [0.25, 0.3) is 6.08 Å². The van der Waals surface area contributed by atoms with Gasteiger partial charge in [-0.2, -0.15) is 0 Å². The highest BCUT2D eigenvalue weighted by atomic mass is 35.5. The molecule has 0 radical (unpaired) electrons. The quantitative estimate of drug-likeness (QED) is 0.0575. The molecule has 0 aliphatic carbocycles. The predicted molar refractivity (Wildman–Crippen MR) is 166 cm³/mol. The SMILES string of the molecule is C=CCOC(=O)c1ccnc(/C=C2/C(=O)N3C2[S@@+]([O-])[C@@](C)(COC(=O)CCl)[C@@H]3C(=O)OC(c2ccccc2)c2ccccc2)c1. The Hall–Kier alpha value is -4.45. The van der Waals surface area contributed by atoms with Crippen molar-refractivity contribution < 1.29 is 37.9 Å². The fourth-order valence-corrected chi connectivity index (χ4v) is 7.28. The van der Waals surface area contributed by atoms with Crippen molar-refractivity contribution in [1.29, 1.82) is 0 Å². The number of halogens is 1. The molecular formula is C33H29ClN2O8S. The Balaban J connectivity index is 1.48. The fraction of sp³-hybridized carbons (Fsp3) is 0.242. The second kappa shape index (κ2) is 13.7. The van der Waals surface area contributed by atoms with Gasteiger partial charge in [0.1, 0.15) is 19.1 Å². The number of amides is 1. The van der Waals surface area contributed by atoms with Crippen molar-refractivity contribution in [2.24, 2.45) is 0 Å². The van der Waals surface area contributed by atoms with Crippen LogP contribution in [-0.2, 0) is 39.8 Å². The molecule has 1 unspecified atom stereocenters. The van der Waals surface area contributed by atoms with Gasteiger partial charge >= 0.3 is 17.9 Å². The molecule has 2 aliphatic rings. The van der Waals surface area contributed by atoms with Gasteiger partial charge in [-0.1, -0.05) is 73.3 Å². The molecule has 0 bridgehead atoms. The molecule has 0 N–H and O–H groups in total. The van der Waals surface area contributed by atoms with Gasteiger partial charge in [-0.05, 0) is 47.4 Å². The van der Waals surface area contributed by atoms with Crippen LogP contribution in [0.3, 0.4) is 0 Å². The lowest BCUT2D eigenvalue weighted by molar-refractivity contribution is -0.162. The summed E-state index contributed by atoms with van der Waals surface area (Å²) < 4.78 is 29.0. The average Bonchev–Trinajstić information content (AvgIpc) is 3.28. The third-order valence-corrected chi connectivity index (χ3v) is 9.83. The monoisotopic (exact) mass is 648 g/mol. The van der Waals surface area contributed by atoms with Crippen molar-refractivity contribution in [3.63, 3.8) is 0 Å². The Labute approximate surface area is 267 Å². The summed E-state index contributed by atoms with van der Waals surface area (Å²) in [6.07, 6.45) is 3.40. The van der Waals surface area contributed by atoms with Crippen molar-refractivity contribution in [2.75, 3.05) is 19.1 Å². The Morgan fingerprint density at radius 1 is 1.09 bits per heavy atom. The zero-order valence-electron chi connectivity index (χ0n) is 24.2. The molecule has 3 heterocycles. The molecule has 2 aromatic carbocycles. The largest absolute Gasteiger partial charge is 0.614 e. The van der Waals surface area contributed by atoms with E-state index in [0.29, 0.717) is 11.1 Å². The van der Waals surface area contributed by atoms with E-state index in [4.69, 9.17) is 25.8 Å². The Morgan fingerprint density at radius 3 is 2.33 bits per heavy atom. The van der Waals surface area contributed by atoms with Crippen LogP contribution in [0.2, 0.25) is 0 Å². The topological polar surface area (TPSA) is 135 Å². The molecule has 12 heteroatoms. The number of carbonyl (C=O) groups is 4. The van der Waals surface area contributed by atoms with Gasteiger partial charge in [0.05, 0.1) is 16.8 Å². The molecule has 3 aromatic rings. The molecule has 2 fully saturated rings. The molecule has 1 aromatic heterocycles. The van der Waals surface area contributed by atoms with Crippen LogP contribution in [0.4, 0.5) is 0 Å². The third-order valence-electron chi connectivity index (χ3n) is 7.46. The average molecular weight is 649 g/mol. The number of hydrogen-bond donors (Lipinski definition) is 0. The van der Waals surface area contributed by atoms with Crippen molar-refractivity contribution >= 4 is 52.7 Å². The molecule has 10 nitrogen and oxygen atoms in total. The number of rotatable bonds is 11. The number of β-lactam (4-membered cyclic amide) rings is 1. The smallest absolute Gasteiger partial charge is 0.338 e. The van der Waals surface area contributed by atoms with Crippen LogP contribution in [-0.4, -0.2) is 73.5 Å². The highest BCUT2D eigenvalue weighted by molar-refractivity contribution is 7.94. The van der Waals surface area contributed by atoms with Gasteiger partial charge in [-0.25, -0.2) is 9.59 Å². The summed E-state index contributed by atoms with van der Waals surface area (Å²) in [6.45, 7) is 4.59. The fourth-order valence-electron chi connectivity index (χ4n) is 5.27. The van der Waals surface area contributed by atoms with E-state index in [-0.39, 0.29) is 23.4 Å². The van der Waals surface area contributed by atoms with Gasteiger partial charge in [0, 0.05) is 6.20 Å². The van der Waals surface area contributed by atoms with Crippen molar-refractivity contribution in [3.8, 4) is 0 Å². The molecule has 2 saturated heterocycles. The first kappa shape index (κ1) is 32.0. The number of esters is 3. The van der Waals surface area contributed by atoms with Crippen LogP contribution in [0.5, 0.6) is 0 Å². The predicted octanol–water partition coefficient (Wildman–Crippen LogP) is 3.98. The first-order valence-electron chi connectivity index (χ1n) is 13.9. The van der Waals surface area contributed by atoms with E-state index in [1.165, 1.54) is 42.3 Å². The molecule has 1 amide bonds. The second-order valence-electron chi connectivity index (χ2n) is 10.5. The van der Waals surface area contributed by atoms with Crippen LogP contribution in [0.1, 0.15) is 40.2 Å². The van der Waals surface area contributed by atoms with E-state index in [1.54, 1.807) is 0 Å². The second-order valence-corrected chi connectivity index (χ2v) is 12.7. The summed E-state index contributed by atoms with van der Waals surface area (Å²) in [6, 6.07) is 19.7. The van der Waals surface area contributed by atoms with Gasteiger partial charge in [-0.15, -0.1) is 11.6 Å². The van der Waals surface area contributed by atoms with Crippen LogP contribution in [0, 0.1) is 0 Å². The number of ether oxygens (including phenoxy) is 3. The summed E-state index contributed by atoms with van der Waals surface area (Å²) in [4.78, 5) is 57.5. The van der Waals surface area contributed by atoms with E-state index >= 15 is 0 Å². The number of aromatic nitrogens is 1. The lowest BCUT2D eigenvalue weighted by atomic mass is 9.93. The van der Waals surface area contributed by atoms with Gasteiger partial charge in [0.2, 0.25) is 5.37 Å². The molecule has 4 atom stereocenters. The Kier molecular flexibility index (Phi) is 9.71. The summed E-state index contributed by atoms with van der Waals surface area (Å²) in [5, 5.41) is -1.03. The maximum Gasteiger partial charge on any atom is 0.338 e. The summed E-state index contributed by atoms with van der Waals surface area (Å²) in [5.74, 6) is -3.21. The number of benzene rings is 2.